The van der Waals surface area contributed by atoms with Gasteiger partial charge in [0.2, 0.25) is 0 Å². The van der Waals surface area contributed by atoms with E-state index in [-0.39, 0.29) is 5.56 Å². The summed E-state index contributed by atoms with van der Waals surface area (Å²) < 4.78 is 16.2. The first-order valence-electron chi connectivity index (χ1n) is 5.82. The molecule has 1 unspecified atom stereocenters. The second-order valence-corrected chi connectivity index (χ2v) is 5.36. The lowest BCUT2D eigenvalue weighted by Gasteiger charge is -2.15. The van der Waals surface area contributed by atoms with Crippen LogP contribution in [-0.4, -0.2) is 14.7 Å². The Morgan fingerprint density at radius 2 is 2.22 bits per heavy atom. The third-order valence-corrected chi connectivity index (χ3v) is 3.80. The average molecular weight is 311 g/mol. The normalized spacial score (nSPS) is 16.8. The fourth-order valence-corrected chi connectivity index (χ4v) is 2.46. The molecular weight excluding hydrogens is 299 g/mol. The topological polar surface area (TPSA) is 38.1 Å². The maximum Gasteiger partial charge on any atom is 0.143 e. The zero-order valence-corrected chi connectivity index (χ0v) is 11.1. The second-order valence-electron chi connectivity index (χ2n) is 4.50. The van der Waals surface area contributed by atoms with Gasteiger partial charge in [0, 0.05) is 11.6 Å². The Balaban J connectivity index is 2.00. The molecule has 1 aliphatic carbocycles. The third-order valence-electron chi connectivity index (χ3n) is 3.19. The summed E-state index contributed by atoms with van der Waals surface area (Å²) in [5, 5.41) is 10.3. The number of benzene rings is 1. The van der Waals surface area contributed by atoms with Crippen molar-refractivity contribution in [2.75, 3.05) is 0 Å². The molecule has 1 N–H and O–H groups in total. The Labute approximate surface area is 112 Å². The highest BCUT2D eigenvalue weighted by Crippen LogP contribution is 2.38. The molecule has 3 nitrogen and oxygen atoms in total. The predicted molar refractivity (Wildman–Crippen MR) is 68.7 cm³/mol. The van der Waals surface area contributed by atoms with E-state index in [1.54, 1.807) is 30.7 Å². The van der Waals surface area contributed by atoms with Crippen LogP contribution < -0.4 is 0 Å². The van der Waals surface area contributed by atoms with Crippen LogP contribution in [0.15, 0.2) is 35.2 Å². The van der Waals surface area contributed by atoms with Crippen LogP contribution in [0.4, 0.5) is 4.39 Å². The highest BCUT2D eigenvalue weighted by atomic mass is 79.9. The predicted octanol–water partition coefficient (Wildman–Crippen LogP) is 3.20. The summed E-state index contributed by atoms with van der Waals surface area (Å²) in [5.74, 6) is -0.423. The summed E-state index contributed by atoms with van der Waals surface area (Å²) in [6, 6.07) is 5.33. The Bertz CT molecular complexity index is 580. The van der Waals surface area contributed by atoms with E-state index in [2.05, 4.69) is 20.9 Å². The number of hydrogen-bond donors (Lipinski definition) is 1. The summed E-state index contributed by atoms with van der Waals surface area (Å²) in [5.41, 5.74) is 0.918. The smallest absolute Gasteiger partial charge is 0.143 e. The van der Waals surface area contributed by atoms with Crippen molar-refractivity contribution in [3.8, 4) is 0 Å². The fraction of sp³-hybridized carbons (Fsp3) is 0.308. The van der Waals surface area contributed by atoms with Crippen LogP contribution in [-0.2, 0) is 0 Å². The van der Waals surface area contributed by atoms with Gasteiger partial charge in [0.05, 0.1) is 22.7 Å². The molecule has 1 aromatic carbocycles. The van der Waals surface area contributed by atoms with Crippen molar-refractivity contribution in [2.45, 2.75) is 25.0 Å². The molecule has 1 aliphatic rings. The quantitative estimate of drug-likeness (QED) is 0.945. The maximum absolute atomic E-state index is 14.0. The number of rotatable bonds is 3. The molecule has 1 atom stereocenters. The van der Waals surface area contributed by atoms with Crippen LogP contribution in [0, 0.1) is 5.82 Å². The van der Waals surface area contributed by atoms with E-state index < -0.39 is 11.9 Å². The van der Waals surface area contributed by atoms with E-state index in [1.807, 2.05) is 4.57 Å². The maximum atomic E-state index is 14.0. The molecule has 0 radical (unpaired) electrons. The largest absolute Gasteiger partial charge is 0.382 e. The SMILES string of the molecule is OC(c1cccc(Br)c1F)c1cncn1C1CC1. The first kappa shape index (κ1) is 11.9. The molecule has 0 spiro atoms. The van der Waals surface area contributed by atoms with Crippen LogP contribution in [0.25, 0.3) is 0 Å². The first-order valence-corrected chi connectivity index (χ1v) is 6.61. The van der Waals surface area contributed by atoms with Gasteiger partial charge in [-0.25, -0.2) is 9.37 Å². The minimum Gasteiger partial charge on any atom is -0.382 e. The first-order chi connectivity index (χ1) is 8.68. The molecule has 0 aliphatic heterocycles. The monoisotopic (exact) mass is 310 g/mol. The lowest BCUT2D eigenvalue weighted by Crippen LogP contribution is -2.09. The lowest BCUT2D eigenvalue weighted by molar-refractivity contribution is 0.204. The number of nitrogens with zero attached hydrogens (tertiary/aromatic N) is 2. The lowest BCUT2D eigenvalue weighted by atomic mass is 10.1. The van der Waals surface area contributed by atoms with E-state index in [4.69, 9.17) is 0 Å². The molecule has 18 heavy (non-hydrogen) atoms. The Morgan fingerprint density at radius 3 is 2.94 bits per heavy atom. The minimum absolute atomic E-state index is 0.270. The highest BCUT2D eigenvalue weighted by molar-refractivity contribution is 9.10. The van der Waals surface area contributed by atoms with Crippen LogP contribution in [0.1, 0.15) is 36.2 Å². The zero-order chi connectivity index (χ0) is 12.7. The van der Waals surface area contributed by atoms with Gasteiger partial charge in [-0.1, -0.05) is 12.1 Å². The molecule has 0 amide bonds. The summed E-state index contributed by atoms with van der Waals surface area (Å²) in [6.45, 7) is 0. The molecule has 1 saturated carbocycles. The van der Waals surface area contributed by atoms with Gasteiger partial charge in [0.25, 0.3) is 0 Å². The van der Waals surface area contributed by atoms with E-state index in [0.717, 1.165) is 12.8 Å². The third kappa shape index (κ3) is 1.97. The van der Waals surface area contributed by atoms with E-state index >= 15 is 0 Å². The van der Waals surface area contributed by atoms with Gasteiger partial charge >= 0.3 is 0 Å². The Kier molecular flexibility index (Phi) is 2.95. The number of aromatic nitrogens is 2. The van der Waals surface area contributed by atoms with Crippen LogP contribution in [0.3, 0.4) is 0 Å². The number of aliphatic hydroxyl groups is 1. The van der Waals surface area contributed by atoms with Crippen LogP contribution in [0.5, 0.6) is 0 Å². The second kappa shape index (κ2) is 4.48. The molecule has 1 aromatic heterocycles. The molecule has 5 heteroatoms. The van der Waals surface area contributed by atoms with Crippen LogP contribution in [0.2, 0.25) is 0 Å². The molecule has 0 bridgehead atoms. The van der Waals surface area contributed by atoms with Crippen molar-refractivity contribution in [3.63, 3.8) is 0 Å². The standard InChI is InChI=1S/C13H12BrFN2O/c14-10-3-1-2-9(12(10)15)13(18)11-6-16-7-17(11)8-4-5-8/h1-3,6-8,13,18H,4-5H2. The van der Waals surface area contributed by atoms with Crippen LogP contribution >= 0.6 is 15.9 Å². The van der Waals surface area contributed by atoms with Gasteiger partial charge < -0.3 is 9.67 Å². The van der Waals surface area contributed by atoms with Crippen molar-refractivity contribution in [3.05, 3.63) is 52.3 Å². The highest BCUT2D eigenvalue weighted by Gasteiger charge is 2.28. The molecule has 2 aromatic rings. The average Bonchev–Trinajstić information content (AvgIpc) is 3.09. The van der Waals surface area contributed by atoms with Gasteiger partial charge in [-0.15, -0.1) is 0 Å². The van der Waals surface area contributed by atoms with Gasteiger partial charge in [-0.3, -0.25) is 0 Å². The molecule has 94 valence electrons. The number of aliphatic hydroxyl groups excluding tert-OH is 1. The van der Waals surface area contributed by atoms with Crippen molar-refractivity contribution < 1.29 is 9.50 Å². The molecule has 1 fully saturated rings. The number of hydrogen-bond acceptors (Lipinski definition) is 2. The number of halogens is 2. The number of imidazole rings is 1. The molecule has 0 saturated heterocycles. The van der Waals surface area contributed by atoms with Gasteiger partial charge in [-0.05, 0) is 34.8 Å². The molecular formula is C13H12BrFN2O. The van der Waals surface area contributed by atoms with Gasteiger partial charge in [0.15, 0.2) is 0 Å². The van der Waals surface area contributed by atoms with Gasteiger partial charge in [-0.2, -0.15) is 0 Å². The summed E-state index contributed by atoms with van der Waals surface area (Å²) in [7, 11) is 0. The minimum atomic E-state index is -0.981. The summed E-state index contributed by atoms with van der Waals surface area (Å²) in [6.07, 6.45) is 4.51. The Hall–Kier alpha value is -1.20. The van der Waals surface area contributed by atoms with Gasteiger partial charge in [0.1, 0.15) is 11.9 Å². The van der Waals surface area contributed by atoms with E-state index in [0.29, 0.717) is 16.2 Å². The van der Waals surface area contributed by atoms with Crippen molar-refractivity contribution >= 4 is 15.9 Å². The summed E-state index contributed by atoms with van der Waals surface area (Å²) in [4.78, 5) is 4.05. The van der Waals surface area contributed by atoms with Crippen molar-refractivity contribution in [1.29, 1.82) is 0 Å². The zero-order valence-electron chi connectivity index (χ0n) is 9.55. The van der Waals surface area contributed by atoms with Crippen molar-refractivity contribution in [2.24, 2.45) is 0 Å². The molecule has 3 rings (SSSR count). The fourth-order valence-electron chi connectivity index (χ4n) is 2.08. The van der Waals surface area contributed by atoms with E-state index in [1.165, 1.54) is 0 Å². The summed E-state index contributed by atoms with van der Waals surface area (Å²) >= 11 is 3.13. The Morgan fingerprint density at radius 1 is 1.44 bits per heavy atom. The van der Waals surface area contributed by atoms with Crippen molar-refractivity contribution in [1.82, 2.24) is 9.55 Å². The molecule has 1 heterocycles. The van der Waals surface area contributed by atoms with E-state index in [9.17, 15) is 9.50 Å².